The van der Waals surface area contributed by atoms with Crippen LogP contribution in [0.1, 0.15) is 18.7 Å². The molecule has 31 heavy (non-hydrogen) atoms. The van der Waals surface area contributed by atoms with Crippen molar-refractivity contribution in [1.29, 1.82) is 0 Å². The van der Waals surface area contributed by atoms with E-state index >= 15 is 0 Å². The van der Waals surface area contributed by atoms with Crippen LogP contribution in [0.15, 0.2) is 73.1 Å². The lowest BCUT2D eigenvalue weighted by atomic mass is 9.93. The average Bonchev–Trinajstić information content (AvgIpc) is 3.19. The summed E-state index contributed by atoms with van der Waals surface area (Å²) in [5, 5.41) is 3.31. The Labute approximate surface area is 183 Å². The number of hydrogen-bond acceptors (Lipinski definition) is 5. The highest BCUT2D eigenvalue weighted by Gasteiger charge is 2.22. The van der Waals surface area contributed by atoms with E-state index in [-0.39, 0.29) is 0 Å². The highest BCUT2D eigenvalue weighted by molar-refractivity contribution is 5.78. The van der Waals surface area contributed by atoms with Gasteiger partial charge in [0, 0.05) is 37.6 Å². The Balaban J connectivity index is 1.22. The molecule has 1 fully saturated rings. The summed E-state index contributed by atoms with van der Waals surface area (Å²) in [5.74, 6) is 2.55. The van der Waals surface area contributed by atoms with E-state index in [4.69, 9.17) is 4.98 Å². The van der Waals surface area contributed by atoms with Crippen LogP contribution in [0.3, 0.4) is 0 Å². The smallest absolute Gasteiger partial charge is 0.222 e. The van der Waals surface area contributed by atoms with Gasteiger partial charge in [-0.1, -0.05) is 30.3 Å². The molecule has 0 saturated carbocycles. The summed E-state index contributed by atoms with van der Waals surface area (Å²) in [6.07, 6.45) is 6.97. The predicted molar refractivity (Wildman–Crippen MR) is 124 cm³/mol. The first kappa shape index (κ1) is 19.7. The van der Waals surface area contributed by atoms with Crippen LogP contribution in [0.5, 0.6) is 0 Å². The molecule has 0 atom stereocenters. The van der Waals surface area contributed by atoms with Crippen molar-refractivity contribution in [3.05, 3.63) is 78.9 Å². The van der Waals surface area contributed by atoms with Crippen LogP contribution in [0.2, 0.25) is 0 Å². The Morgan fingerprint density at radius 3 is 2.42 bits per heavy atom. The maximum Gasteiger partial charge on any atom is 0.222 e. The summed E-state index contributed by atoms with van der Waals surface area (Å²) in [6.45, 7) is 4.16. The van der Waals surface area contributed by atoms with Crippen LogP contribution in [-0.2, 0) is 6.42 Å². The second-order valence-electron chi connectivity index (χ2n) is 8.18. The molecule has 0 radical (unpaired) electrons. The number of nitrogens with one attached hydrogen (secondary N) is 1. The zero-order valence-corrected chi connectivity index (χ0v) is 17.7. The van der Waals surface area contributed by atoms with Gasteiger partial charge in [0.1, 0.15) is 5.82 Å². The maximum absolute atomic E-state index is 5.01. The second-order valence-corrected chi connectivity index (χ2v) is 8.18. The SMILES string of the molecule is c1ccc(-n2c(CC3CCN(CCNc4ncccn4)CC3)nc3ccccc32)cc1. The fourth-order valence-corrected chi connectivity index (χ4v) is 4.47. The van der Waals surface area contributed by atoms with Gasteiger partial charge in [-0.05, 0) is 62.2 Å². The van der Waals surface area contributed by atoms with Crippen molar-refractivity contribution in [1.82, 2.24) is 24.4 Å². The summed E-state index contributed by atoms with van der Waals surface area (Å²) >= 11 is 0. The molecule has 6 nitrogen and oxygen atoms in total. The third-order valence-electron chi connectivity index (χ3n) is 6.10. The molecule has 2 aromatic heterocycles. The fraction of sp³-hybridized carbons (Fsp3) is 0.320. The molecule has 158 valence electrons. The zero-order chi connectivity index (χ0) is 20.9. The van der Waals surface area contributed by atoms with E-state index in [9.17, 15) is 0 Å². The van der Waals surface area contributed by atoms with Crippen molar-refractivity contribution in [3.63, 3.8) is 0 Å². The molecule has 1 N–H and O–H groups in total. The number of likely N-dealkylation sites (tertiary alicyclic amines) is 1. The van der Waals surface area contributed by atoms with Gasteiger partial charge in [0.05, 0.1) is 11.0 Å². The largest absolute Gasteiger partial charge is 0.353 e. The van der Waals surface area contributed by atoms with Gasteiger partial charge < -0.3 is 10.2 Å². The first-order chi connectivity index (χ1) is 15.4. The van der Waals surface area contributed by atoms with E-state index in [1.54, 1.807) is 12.4 Å². The van der Waals surface area contributed by atoms with Gasteiger partial charge in [0.15, 0.2) is 0 Å². The van der Waals surface area contributed by atoms with Crippen molar-refractivity contribution >= 4 is 17.0 Å². The van der Waals surface area contributed by atoms with E-state index in [2.05, 4.69) is 79.3 Å². The number of anilines is 1. The molecular formula is C25H28N6. The van der Waals surface area contributed by atoms with Crippen LogP contribution < -0.4 is 5.32 Å². The topological polar surface area (TPSA) is 58.9 Å². The normalized spacial score (nSPS) is 15.4. The minimum atomic E-state index is 0.668. The number of para-hydroxylation sites is 3. The van der Waals surface area contributed by atoms with Crippen LogP contribution >= 0.6 is 0 Å². The molecule has 6 heteroatoms. The molecule has 1 aliphatic rings. The standard InChI is InChI=1S/C25H28N6/c1-2-7-21(8-3-1)31-23-10-5-4-9-22(23)29-24(31)19-20-11-16-30(17-12-20)18-15-28-25-26-13-6-14-27-25/h1-10,13-14,20H,11-12,15-19H2,(H,26,27,28). The summed E-state index contributed by atoms with van der Waals surface area (Å²) in [5.41, 5.74) is 3.46. The van der Waals surface area contributed by atoms with Crippen LogP contribution in [0.4, 0.5) is 5.95 Å². The molecule has 1 saturated heterocycles. The van der Waals surface area contributed by atoms with Crippen molar-refractivity contribution in [2.75, 3.05) is 31.5 Å². The number of nitrogens with zero attached hydrogens (tertiary/aromatic N) is 5. The Kier molecular flexibility index (Phi) is 5.89. The van der Waals surface area contributed by atoms with Gasteiger partial charge in [-0.15, -0.1) is 0 Å². The Morgan fingerprint density at radius 1 is 0.871 bits per heavy atom. The van der Waals surface area contributed by atoms with Crippen molar-refractivity contribution in [2.24, 2.45) is 5.92 Å². The van der Waals surface area contributed by atoms with E-state index in [0.29, 0.717) is 11.9 Å². The second kappa shape index (κ2) is 9.27. The van der Waals surface area contributed by atoms with Gasteiger partial charge in [-0.2, -0.15) is 0 Å². The number of fused-ring (bicyclic) bond motifs is 1. The molecule has 0 spiro atoms. The zero-order valence-electron chi connectivity index (χ0n) is 17.7. The molecule has 4 aromatic rings. The molecule has 0 aliphatic carbocycles. The van der Waals surface area contributed by atoms with E-state index < -0.39 is 0 Å². The third-order valence-corrected chi connectivity index (χ3v) is 6.10. The first-order valence-corrected chi connectivity index (χ1v) is 11.1. The lowest BCUT2D eigenvalue weighted by molar-refractivity contribution is 0.188. The Bertz CT molecular complexity index is 1100. The van der Waals surface area contributed by atoms with E-state index in [0.717, 1.165) is 38.1 Å². The predicted octanol–water partition coefficient (Wildman–Crippen LogP) is 4.18. The van der Waals surface area contributed by atoms with Crippen LogP contribution in [-0.4, -0.2) is 50.6 Å². The van der Waals surface area contributed by atoms with E-state index in [1.807, 2.05) is 6.07 Å². The molecular weight excluding hydrogens is 384 g/mol. The fourth-order valence-electron chi connectivity index (χ4n) is 4.47. The molecule has 0 amide bonds. The minimum Gasteiger partial charge on any atom is -0.353 e. The molecule has 2 aromatic carbocycles. The number of aromatic nitrogens is 4. The lowest BCUT2D eigenvalue weighted by Crippen LogP contribution is -2.37. The van der Waals surface area contributed by atoms with E-state index in [1.165, 1.54) is 29.9 Å². The number of hydrogen-bond donors (Lipinski definition) is 1. The van der Waals surface area contributed by atoms with Gasteiger partial charge in [0.25, 0.3) is 0 Å². The quantitative estimate of drug-likeness (QED) is 0.493. The number of rotatable bonds is 7. The summed E-state index contributed by atoms with van der Waals surface area (Å²) in [4.78, 5) is 16.0. The van der Waals surface area contributed by atoms with Gasteiger partial charge in [-0.25, -0.2) is 15.0 Å². The molecule has 1 aliphatic heterocycles. The number of imidazole rings is 1. The van der Waals surface area contributed by atoms with Crippen molar-refractivity contribution < 1.29 is 0 Å². The highest BCUT2D eigenvalue weighted by Crippen LogP contribution is 2.26. The number of piperidine rings is 1. The summed E-state index contributed by atoms with van der Waals surface area (Å²) < 4.78 is 2.34. The number of benzene rings is 2. The maximum atomic E-state index is 5.01. The Hall–Kier alpha value is -3.25. The summed E-state index contributed by atoms with van der Waals surface area (Å²) in [6, 6.07) is 20.9. The van der Waals surface area contributed by atoms with Crippen LogP contribution in [0.25, 0.3) is 16.7 Å². The van der Waals surface area contributed by atoms with Gasteiger partial charge >= 0.3 is 0 Å². The highest BCUT2D eigenvalue weighted by atomic mass is 15.2. The van der Waals surface area contributed by atoms with Gasteiger partial charge in [0.2, 0.25) is 5.95 Å². The summed E-state index contributed by atoms with van der Waals surface area (Å²) in [7, 11) is 0. The molecule has 5 rings (SSSR count). The van der Waals surface area contributed by atoms with Gasteiger partial charge in [-0.3, -0.25) is 4.57 Å². The van der Waals surface area contributed by atoms with Crippen LogP contribution in [0, 0.1) is 5.92 Å². The molecule has 3 heterocycles. The first-order valence-electron chi connectivity index (χ1n) is 11.1. The third kappa shape index (κ3) is 4.59. The average molecular weight is 413 g/mol. The van der Waals surface area contributed by atoms with Crippen molar-refractivity contribution in [3.8, 4) is 5.69 Å². The molecule has 0 bridgehead atoms. The Morgan fingerprint density at radius 2 is 1.61 bits per heavy atom. The lowest BCUT2D eigenvalue weighted by Gasteiger charge is -2.31. The van der Waals surface area contributed by atoms with Crippen molar-refractivity contribution in [2.45, 2.75) is 19.3 Å². The minimum absolute atomic E-state index is 0.668. The molecule has 0 unspecified atom stereocenters. The monoisotopic (exact) mass is 412 g/mol.